The summed E-state index contributed by atoms with van der Waals surface area (Å²) >= 11 is 1.17. The number of thioether (sulfide) groups is 1. The minimum Gasteiger partial charge on any atom is -0.508 e. The molecule has 0 radical (unpaired) electrons. The molecule has 0 aliphatic carbocycles. The molecule has 2 aliphatic heterocycles. The third kappa shape index (κ3) is 3.53. The van der Waals surface area contributed by atoms with Crippen molar-refractivity contribution in [3.8, 4) is 5.75 Å². The van der Waals surface area contributed by atoms with E-state index in [1.165, 1.54) is 36.0 Å². The normalized spacial score (nSPS) is 22.1. The summed E-state index contributed by atoms with van der Waals surface area (Å²) in [5.41, 5.74) is 5.93. The number of nitrogens with two attached hydrogens (primary N) is 1. The highest BCUT2D eigenvalue weighted by molar-refractivity contribution is 8.00. The van der Waals surface area contributed by atoms with Gasteiger partial charge in [0.15, 0.2) is 5.70 Å². The molecule has 5 N–H and O–H groups in total. The summed E-state index contributed by atoms with van der Waals surface area (Å²) in [5, 5.41) is 20.6. The summed E-state index contributed by atoms with van der Waals surface area (Å²) in [6, 6.07) is 3.73. The molecule has 2 amide bonds. The summed E-state index contributed by atoms with van der Waals surface area (Å²) in [7, 11) is 0. The van der Waals surface area contributed by atoms with Crippen LogP contribution in [-0.2, 0) is 23.9 Å². The second kappa shape index (κ2) is 7.52. The fourth-order valence-electron chi connectivity index (χ4n) is 2.92. The molecule has 0 saturated carbocycles. The number of carbonyl (C=O) groups excluding carboxylic acids is 3. The Labute approximate surface area is 163 Å². The molecule has 0 bridgehead atoms. The number of hydrogen-bond acceptors (Lipinski definition) is 8. The van der Waals surface area contributed by atoms with E-state index in [2.05, 4.69) is 5.32 Å². The lowest BCUT2D eigenvalue weighted by molar-refractivity contribution is -0.152. The summed E-state index contributed by atoms with van der Waals surface area (Å²) < 4.78 is 4.91. The van der Waals surface area contributed by atoms with Gasteiger partial charge in [0.05, 0.1) is 5.75 Å². The number of nitrogens with zero attached hydrogens (tertiary/aromatic N) is 1. The van der Waals surface area contributed by atoms with Crippen LogP contribution in [0.4, 0.5) is 0 Å². The van der Waals surface area contributed by atoms with Gasteiger partial charge in [0, 0.05) is 6.92 Å². The number of ether oxygens (including phenoxy) is 1. The van der Waals surface area contributed by atoms with E-state index in [-0.39, 0.29) is 17.3 Å². The third-order valence-electron chi connectivity index (χ3n) is 4.24. The van der Waals surface area contributed by atoms with E-state index in [4.69, 9.17) is 10.5 Å². The van der Waals surface area contributed by atoms with Crippen molar-refractivity contribution in [1.29, 1.82) is 0 Å². The van der Waals surface area contributed by atoms with Crippen molar-refractivity contribution in [2.45, 2.75) is 24.4 Å². The van der Waals surface area contributed by atoms with E-state index in [0.717, 1.165) is 11.8 Å². The van der Waals surface area contributed by atoms with Crippen LogP contribution in [0.25, 0.3) is 0 Å². The Bertz CT molecular complexity index is 883. The number of rotatable bonds is 5. The van der Waals surface area contributed by atoms with Crippen LogP contribution >= 0.6 is 11.8 Å². The zero-order valence-electron chi connectivity index (χ0n) is 14.6. The van der Waals surface area contributed by atoms with Gasteiger partial charge in [0.1, 0.15) is 29.0 Å². The van der Waals surface area contributed by atoms with Crippen LogP contribution in [0, 0.1) is 0 Å². The molecule has 0 aromatic heterocycles. The Hall–Kier alpha value is -3.05. The van der Waals surface area contributed by atoms with Gasteiger partial charge in [-0.15, -0.1) is 11.8 Å². The van der Waals surface area contributed by atoms with Crippen LogP contribution in [0.5, 0.6) is 5.75 Å². The maximum absolute atomic E-state index is 12.5. The number of esters is 1. The van der Waals surface area contributed by atoms with Crippen molar-refractivity contribution in [3.63, 3.8) is 0 Å². The highest BCUT2D eigenvalue weighted by Gasteiger charge is 2.55. The average molecular weight is 407 g/mol. The standard InChI is InChI=1S/C17H17N3O7S/c1-7(21)27-10-6-28-16-12(15(24)20(16)13(10)17(25)26)19-14(23)11(18)8-2-4-9(22)5-3-8/h2-5,11-12,16,22H,6,18H2,1H3,(H,19,23)(H,25,26)/t11?,12?,16-/m0/s1. The van der Waals surface area contributed by atoms with Gasteiger partial charge in [-0.2, -0.15) is 0 Å². The van der Waals surface area contributed by atoms with Gasteiger partial charge in [0.2, 0.25) is 5.91 Å². The van der Waals surface area contributed by atoms with E-state index < -0.39 is 46.9 Å². The Kier molecular flexibility index (Phi) is 5.29. The number of aromatic hydroxyl groups is 1. The number of phenolic OH excluding ortho intramolecular Hbond substituents is 1. The zero-order valence-corrected chi connectivity index (χ0v) is 15.4. The Morgan fingerprint density at radius 3 is 2.54 bits per heavy atom. The Morgan fingerprint density at radius 2 is 1.96 bits per heavy atom. The monoisotopic (exact) mass is 407 g/mol. The molecule has 148 valence electrons. The predicted molar refractivity (Wildman–Crippen MR) is 96.5 cm³/mol. The van der Waals surface area contributed by atoms with Gasteiger partial charge in [-0.3, -0.25) is 19.3 Å². The first kappa shape index (κ1) is 19.7. The maximum atomic E-state index is 12.5. The van der Waals surface area contributed by atoms with Crippen molar-refractivity contribution in [2.24, 2.45) is 5.73 Å². The molecule has 1 aromatic carbocycles. The van der Waals surface area contributed by atoms with Gasteiger partial charge in [-0.1, -0.05) is 12.1 Å². The molecule has 10 nitrogen and oxygen atoms in total. The van der Waals surface area contributed by atoms with Crippen LogP contribution < -0.4 is 11.1 Å². The number of hydrogen-bond donors (Lipinski definition) is 4. The molecule has 11 heteroatoms. The number of fused-ring (bicyclic) bond motifs is 1. The van der Waals surface area contributed by atoms with E-state index in [1.54, 1.807) is 0 Å². The summed E-state index contributed by atoms with van der Waals surface area (Å²) in [6.07, 6.45) is 0. The van der Waals surface area contributed by atoms with Crippen molar-refractivity contribution in [3.05, 3.63) is 41.3 Å². The molecule has 2 heterocycles. The number of carboxylic acids is 1. The topological polar surface area (TPSA) is 159 Å². The number of carboxylic acid groups (broad SMARTS) is 1. The highest BCUT2D eigenvalue weighted by Crippen LogP contribution is 2.40. The van der Waals surface area contributed by atoms with Gasteiger partial charge in [-0.05, 0) is 17.7 Å². The Balaban J connectivity index is 1.73. The smallest absolute Gasteiger partial charge is 0.356 e. The van der Waals surface area contributed by atoms with Crippen molar-refractivity contribution in [1.82, 2.24) is 10.2 Å². The predicted octanol–water partition coefficient (Wildman–Crippen LogP) is -0.349. The number of amides is 2. The molecule has 1 aromatic rings. The first-order chi connectivity index (χ1) is 13.2. The van der Waals surface area contributed by atoms with Crippen LogP contribution in [-0.4, -0.2) is 56.0 Å². The lowest BCUT2D eigenvalue weighted by atomic mass is 10.0. The van der Waals surface area contributed by atoms with E-state index in [9.17, 15) is 29.4 Å². The van der Waals surface area contributed by atoms with Crippen molar-refractivity contribution >= 4 is 35.5 Å². The minimum atomic E-state index is -1.40. The molecule has 3 atom stereocenters. The second-order valence-electron chi connectivity index (χ2n) is 6.14. The Morgan fingerprint density at radius 1 is 1.32 bits per heavy atom. The third-order valence-corrected chi connectivity index (χ3v) is 5.49. The molecule has 2 unspecified atom stereocenters. The maximum Gasteiger partial charge on any atom is 0.356 e. The minimum absolute atomic E-state index is 0.0244. The number of nitrogens with one attached hydrogen (secondary N) is 1. The molecule has 0 spiro atoms. The van der Waals surface area contributed by atoms with Crippen molar-refractivity contribution < 1.29 is 34.1 Å². The largest absolute Gasteiger partial charge is 0.508 e. The summed E-state index contributed by atoms with van der Waals surface area (Å²) in [5.74, 6) is -3.37. The first-order valence-corrected chi connectivity index (χ1v) is 9.20. The summed E-state index contributed by atoms with van der Waals surface area (Å²) in [6.45, 7) is 1.13. The van der Waals surface area contributed by atoms with Gasteiger partial charge < -0.3 is 26.0 Å². The SMILES string of the molecule is CC(=O)OC1=C(C(=O)O)N2C(=O)C(NC(=O)C(N)c3ccc(O)cc3)[C@@H]2SC1. The second-order valence-corrected chi connectivity index (χ2v) is 7.24. The molecule has 2 aliphatic rings. The number of β-lactam (4-membered cyclic amide) rings is 1. The fourth-order valence-corrected chi connectivity index (χ4v) is 4.17. The first-order valence-electron chi connectivity index (χ1n) is 8.15. The molecular formula is C17H17N3O7S. The van der Waals surface area contributed by atoms with Crippen LogP contribution in [0.3, 0.4) is 0 Å². The van der Waals surface area contributed by atoms with Gasteiger partial charge in [0.25, 0.3) is 5.91 Å². The lowest BCUT2D eigenvalue weighted by Gasteiger charge is -2.49. The zero-order chi connectivity index (χ0) is 20.6. The summed E-state index contributed by atoms with van der Waals surface area (Å²) in [4.78, 5) is 48.6. The molecule has 28 heavy (non-hydrogen) atoms. The lowest BCUT2D eigenvalue weighted by Crippen LogP contribution is -2.71. The number of phenols is 1. The van der Waals surface area contributed by atoms with Gasteiger partial charge in [-0.25, -0.2) is 4.79 Å². The number of benzene rings is 1. The number of carbonyl (C=O) groups is 4. The molecule has 3 rings (SSSR count). The fraction of sp³-hybridized carbons (Fsp3) is 0.294. The van der Waals surface area contributed by atoms with Crippen LogP contribution in [0.15, 0.2) is 35.7 Å². The van der Waals surface area contributed by atoms with E-state index in [0.29, 0.717) is 5.56 Å². The average Bonchev–Trinajstić information content (AvgIpc) is 2.64. The molecular weight excluding hydrogens is 390 g/mol. The van der Waals surface area contributed by atoms with E-state index >= 15 is 0 Å². The highest BCUT2D eigenvalue weighted by atomic mass is 32.2. The van der Waals surface area contributed by atoms with Crippen LogP contribution in [0.2, 0.25) is 0 Å². The van der Waals surface area contributed by atoms with Crippen molar-refractivity contribution in [2.75, 3.05) is 5.75 Å². The molecule has 1 saturated heterocycles. The van der Waals surface area contributed by atoms with Gasteiger partial charge >= 0.3 is 11.9 Å². The van der Waals surface area contributed by atoms with E-state index in [1.807, 2.05) is 0 Å². The molecule has 1 fully saturated rings. The quantitative estimate of drug-likeness (QED) is 0.378. The van der Waals surface area contributed by atoms with Crippen LogP contribution in [0.1, 0.15) is 18.5 Å². The number of aliphatic carboxylic acids is 1.